The number of amides is 1. The van der Waals surface area contributed by atoms with E-state index in [1.165, 1.54) is 0 Å². The lowest BCUT2D eigenvalue weighted by molar-refractivity contribution is -0.139. The van der Waals surface area contributed by atoms with Crippen LogP contribution in [-0.2, 0) is 16.0 Å². The van der Waals surface area contributed by atoms with Crippen molar-refractivity contribution in [3.63, 3.8) is 0 Å². The molecule has 0 saturated heterocycles. The number of halogens is 1. The first-order valence-electron chi connectivity index (χ1n) is 7.55. The van der Waals surface area contributed by atoms with E-state index in [2.05, 4.69) is 26.2 Å². The molecule has 24 heavy (non-hydrogen) atoms. The fourth-order valence-corrected chi connectivity index (χ4v) is 2.69. The maximum Gasteiger partial charge on any atom is 0.408 e. The fraction of sp³-hybridized carbons (Fsp3) is 0.412. The fourth-order valence-electron chi connectivity index (χ4n) is 2.35. The predicted molar refractivity (Wildman–Crippen MR) is 95.2 cm³/mol. The number of aliphatic carboxylic acids is 1. The van der Waals surface area contributed by atoms with Crippen molar-refractivity contribution in [3.8, 4) is 0 Å². The Kier molecular flexibility index (Phi) is 5.22. The number of ether oxygens (including phenoxy) is 1. The second-order valence-corrected chi connectivity index (χ2v) is 7.56. The Morgan fingerprint density at radius 3 is 2.62 bits per heavy atom. The molecule has 0 fully saturated rings. The Balaban J connectivity index is 2.21. The number of fused-ring (bicyclic) bond motifs is 1. The third kappa shape index (κ3) is 4.50. The molecule has 1 unspecified atom stereocenters. The number of aromatic amines is 1. The van der Waals surface area contributed by atoms with Gasteiger partial charge in [-0.3, -0.25) is 0 Å². The molecule has 6 nitrogen and oxygen atoms in total. The monoisotopic (exact) mass is 396 g/mol. The van der Waals surface area contributed by atoms with Gasteiger partial charge in [0.1, 0.15) is 11.6 Å². The van der Waals surface area contributed by atoms with Gasteiger partial charge in [0.25, 0.3) is 0 Å². The maximum atomic E-state index is 11.9. The maximum absolute atomic E-state index is 11.9. The third-order valence-corrected chi connectivity index (χ3v) is 4.31. The summed E-state index contributed by atoms with van der Waals surface area (Å²) in [6.45, 7) is 7.15. The van der Waals surface area contributed by atoms with Gasteiger partial charge in [0.2, 0.25) is 0 Å². The molecule has 0 aliphatic rings. The molecule has 2 aromatic rings. The second kappa shape index (κ2) is 6.84. The summed E-state index contributed by atoms with van der Waals surface area (Å²) < 4.78 is 6.08. The van der Waals surface area contributed by atoms with E-state index in [1.54, 1.807) is 27.0 Å². The number of carboxylic acids is 1. The molecule has 1 heterocycles. The molecule has 1 atom stereocenters. The van der Waals surface area contributed by atoms with Crippen LogP contribution in [0.15, 0.2) is 22.8 Å². The van der Waals surface area contributed by atoms with Crippen LogP contribution in [0.3, 0.4) is 0 Å². The molecule has 1 amide bonds. The summed E-state index contributed by atoms with van der Waals surface area (Å²) in [4.78, 5) is 26.5. The Hall–Kier alpha value is -2.02. The zero-order valence-electron chi connectivity index (χ0n) is 14.1. The molecule has 0 radical (unpaired) electrons. The van der Waals surface area contributed by atoms with E-state index in [1.807, 2.05) is 19.1 Å². The summed E-state index contributed by atoms with van der Waals surface area (Å²) in [7, 11) is 0. The van der Waals surface area contributed by atoms with Crippen LogP contribution >= 0.6 is 15.9 Å². The van der Waals surface area contributed by atoms with E-state index in [0.29, 0.717) is 0 Å². The number of nitrogens with one attached hydrogen (secondary N) is 2. The lowest BCUT2D eigenvalue weighted by Gasteiger charge is -2.22. The summed E-state index contributed by atoms with van der Waals surface area (Å²) in [6.07, 6.45) is 1.18. The molecule has 0 aliphatic carbocycles. The highest BCUT2D eigenvalue weighted by atomic mass is 79.9. The number of aromatic nitrogens is 1. The first-order chi connectivity index (χ1) is 11.1. The first kappa shape index (κ1) is 18.3. The van der Waals surface area contributed by atoms with Gasteiger partial charge in [-0.15, -0.1) is 0 Å². The van der Waals surface area contributed by atoms with E-state index in [9.17, 15) is 14.7 Å². The summed E-state index contributed by atoms with van der Waals surface area (Å²) in [5, 5.41) is 12.7. The highest BCUT2D eigenvalue weighted by molar-refractivity contribution is 9.10. The Morgan fingerprint density at radius 2 is 2.04 bits per heavy atom. The second-order valence-electron chi connectivity index (χ2n) is 6.70. The van der Waals surface area contributed by atoms with Gasteiger partial charge in [0.15, 0.2) is 0 Å². The van der Waals surface area contributed by atoms with Gasteiger partial charge >= 0.3 is 12.1 Å². The standard InChI is InChI=1S/C17H21BrN2O4/c1-9-5-13-11(7-12(9)18)10(8-19-13)6-14(15(21)22)20-16(23)24-17(2,3)4/h5,7-8,14,19H,6H2,1-4H3,(H,20,23)(H,21,22). The van der Waals surface area contributed by atoms with Crippen molar-refractivity contribution in [3.05, 3.63) is 33.9 Å². The van der Waals surface area contributed by atoms with Gasteiger partial charge in [-0.25, -0.2) is 9.59 Å². The number of carbonyl (C=O) groups is 2. The Labute approximate surface area is 148 Å². The van der Waals surface area contributed by atoms with Gasteiger partial charge < -0.3 is 20.1 Å². The molecule has 130 valence electrons. The number of aryl methyl sites for hydroxylation is 1. The van der Waals surface area contributed by atoms with Crippen LogP contribution in [-0.4, -0.2) is 33.8 Å². The van der Waals surface area contributed by atoms with Crippen LogP contribution in [0, 0.1) is 6.92 Å². The van der Waals surface area contributed by atoms with Crippen LogP contribution in [0.4, 0.5) is 4.79 Å². The number of carbonyl (C=O) groups excluding carboxylic acids is 1. The number of hydrogen-bond donors (Lipinski definition) is 3. The van der Waals surface area contributed by atoms with Crippen molar-refractivity contribution in [1.82, 2.24) is 10.3 Å². The number of carboxylic acid groups (broad SMARTS) is 1. The van der Waals surface area contributed by atoms with Crippen molar-refractivity contribution in [1.29, 1.82) is 0 Å². The van der Waals surface area contributed by atoms with Crippen molar-refractivity contribution in [2.45, 2.75) is 45.8 Å². The predicted octanol–water partition coefficient (Wildman–Crippen LogP) is 3.76. The topological polar surface area (TPSA) is 91.4 Å². The normalized spacial score (nSPS) is 12.9. The van der Waals surface area contributed by atoms with E-state index in [4.69, 9.17) is 4.74 Å². The molecule has 1 aromatic heterocycles. The minimum absolute atomic E-state index is 0.157. The van der Waals surface area contributed by atoms with Crippen LogP contribution in [0.2, 0.25) is 0 Å². The molecule has 1 aromatic carbocycles. The number of alkyl carbamates (subject to hydrolysis) is 1. The minimum Gasteiger partial charge on any atom is -0.480 e. The molecular weight excluding hydrogens is 376 g/mol. The molecule has 0 saturated carbocycles. The number of benzene rings is 1. The average Bonchev–Trinajstić information content (AvgIpc) is 2.79. The van der Waals surface area contributed by atoms with Crippen molar-refractivity contribution in [2.24, 2.45) is 0 Å². The van der Waals surface area contributed by atoms with Crippen molar-refractivity contribution < 1.29 is 19.4 Å². The smallest absolute Gasteiger partial charge is 0.408 e. The molecule has 0 spiro atoms. The van der Waals surface area contributed by atoms with Crippen LogP contribution in [0.5, 0.6) is 0 Å². The molecule has 2 rings (SSSR count). The highest BCUT2D eigenvalue weighted by Gasteiger charge is 2.25. The summed E-state index contributed by atoms with van der Waals surface area (Å²) >= 11 is 3.48. The minimum atomic E-state index is -1.11. The molecule has 3 N–H and O–H groups in total. The lowest BCUT2D eigenvalue weighted by atomic mass is 10.0. The van der Waals surface area contributed by atoms with E-state index < -0.39 is 23.7 Å². The van der Waals surface area contributed by atoms with Gasteiger partial charge in [0, 0.05) is 28.0 Å². The molecular formula is C17H21BrN2O4. The zero-order valence-corrected chi connectivity index (χ0v) is 15.7. The quantitative estimate of drug-likeness (QED) is 0.733. The Bertz CT molecular complexity index is 777. The first-order valence-corrected chi connectivity index (χ1v) is 8.34. The number of rotatable bonds is 4. The van der Waals surface area contributed by atoms with E-state index in [0.717, 1.165) is 26.5 Å². The van der Waals surface area contributed by atoms with Gasteiger partial charge in [-0.1, -0.05) is 15.9 Å². The van der Waals surface area contributed by atoms with Crippen LogP contribution in [0.25, 0.3) is 10.9 Å². The molecule has 7 heteroatoms. The van der Waals surface area contributed by atoms with Gasteiger partial charge in [0.05, 0.1) is 0 Å². The number of hydrogen-bond acceptors (Lipinski definition) is 3. The van der Waals surface area contributed by atoms with Crippen LogP contribution in [0.1, 0.15) is 31.9 Å². The van der Waals surface area contributed by atoms with Crippen LogP contribution < -0.4 is 5.32 Å². The van der Waals surface area contributed by atoms with E-state index >= 15 is 0 Å². The van der Waals surface area contributed by atoms with Crippen molar-refractivity contribution >= 4 is 38.9 Å². The highest BCUT2D eigenvalue weighted by Crippen LogP contribution is 2.26. The SMILES string of the molecule is Cc1cc2[nH]cc(CC(NC(=O)OC(C)(C)C)C(=O)O)c2cc1Br. The summed E-state index contributed by atoms with van der Waals surface area (Å²) in [5.74, 6) is -1.11. The van der Waals surface area contributed by atoms with Crippen molar-refractivity contribution in [2.75, 3.05) is 0 Å². The van der Waals surface area contributed by atoms with E-state index in [-0.39, 0.29) is 6.42 Å². The molecule has 0 bridgehead atoms. The summed E-state index contributed by atoms with van der Waals surface area (Å²) in [6, 6.07) is 2.86. The van der Waals surface area contributed by atoms with Gasteiger partial charge in [-0.05, 0) is 51.0 Å². The number of H-pyrrole nitrogens is 1. The van der Waals surface area contributed by atoms with Gasteiger partial charge in [-0.2, -0.15) is 0 Å². The zero-order chi connectivity index (χ0) is 18.1. The Morgan fingerprint density at radius 1 is 1.38 bits per heavy atom. The molecule has 0 aliphatic heterocycles. The lowest BCUT2D eigenvalue weighted by Crippen LogP contribution is -2.44. The largest absolute Gasteiger partial charge is 0.480 e. The summed E-state index contributed by atoms with van der Waals surface area (Å²) in [5.41, 5.74) is 2.13. The third-order valence-electron chi connectivity index (χ3n) is 3.46. The average molecular weight is 397 g/mol.